The van der Waals surface area contributed by atoms with Gasteiger partial charge in [0.2, 0.25) is 0 Å². The zero-order valence-electron chi connectivity index (χ0n) is 14.1. The van der Waals surface area contributed by atoms with Gasteiger partial charge in [0, 0.05) is 18.9 Å². The summed E-state index contributed by atoms with van der Waals surface area (Å²) in [6, 6.07) is 13.9. The van der Waals surface area contributed by atoms with E-state index in [1.54, 1.807) is 48.0 Å². The van der Waals surface area contributed by atoms with E-state index in [-0.39, 0.29) is 12.5 Å². The fraction of sp³-hybridized carbons (Fsp3) is 0.158. The lowest BCUT2D eigenvalue weighted by molar-refractivity contribution is 0.0953. The van der Waals surface area contributed by atoms with Crippen LogP contribution in [0.1, 0.15) is 26.7 Å². The minimum atomic E-state index is -3.61. The summed E-state index contributed by atoms with van der Waals surface area (Å²) in [5, 5.41) is 3.60. The molecule has 1 atom stereocenters. The maximum atomic E-state index is 13.1. The Labute approximate surface area is 156 Å². The average Bonchev–Trinajstić information content (AvgIpc) is 3.19. The highest BCUT2D eigenvalue weighted by Gasteiger charge is 2.30. The van der Waals surface area contributed by atoms with Gasteiger partial charge in [-0.25, -0.2) is 8.42 Å². The van der Waals surface area contributed by atoms with Crippen LogP contribution in [-0.2, 0) is 9.84 Å². The average molecular weight is 386 g/mol. The summed E-state index contributed by atoms with van der Waals surface area (Å²) in [5.74, 6) is -0.350. The standard InChI is InChI=1S/C19H18N2O3S2/c1-14-6-8-15(9-7-14)17(26(23,24)18-5-3-11-25-18)13-21-19(22)16-4-2-10-20-12-16/h2-12,17H,13H2,1H3,(H,21,22)/t17-/m1/s1. The van der Waals surface area contributed by atoms with Gasteiger partial charge in [-0.05, 0) is 36.1 Å². The van der Waals surface area contributed by atoms with E-state index < -0.39 is 15.1 Å². The van der Waals surface area contributed by atoms with Gasteiger partial charge in [0.1, 0.15) is 9.46 Å². The van der Waals surface area contributed by atoms with Crippen LogP contribution in [0.4, 0.5) is 0 Å². The van der Waals surface area contributed by atoms with Crippen molar-refractivity contribution in [3.8, 4) is 0 Å². The molecule has 5 nitrogen and oxygen atoms in total. The Morgan fingerprint density at radius 2 is 1.92 bits per heavy atom. The zero-order valence-corrected chi connectivity index (χ0v) is 15.8. The normalized spacial score (nSPS) is 12.5. The van der Waals surface area contributed by atoms with Crippen LogP contribution in [-0.4, -0.2) is 25.9 Å². The molecule has 0 saturated heterocycles. The summed E-state index contributed by atoms with van der Waals surface area (Å²) in [6.07, 6.45) is 3.02. The fourth-order valence-corrected chi connectivity index (χ4v) is 5.40. The Bertz CT molecular complexity index is 967. The van der Waals surface area contributed by atoms with Crippen LogP contribution in [0, 0.1) is 6.92 Å². The minimum Gasteiger partial charge on any atom is -0.350 e. The monoisotopic (exact) mass is 386 g/mol. The Balaban J connectivity index is 1.89. The molecule has 0 spiro atoms. The zero-order chi connectivity index (χ0) is 18.6. The number of hydrogen-bond donors (Lipinski definition) is 1. The smallest absolute Gasteiger partial charge is 0.252 e. The number of aryl methyl sites for hydroxylation is 1. The van der Waals surface area contributed by atoms with Crippen molar-refractivity contribution in [2.24, 2.45) is 0 Å². The number of pyridine rings is 1. The molecule has 0 unspecified atom stereocenters. The van der Waals surface area contributed by atoms with Crippen molar-refractivity contribution >= 4 is 27.1 Å². The Morgan fingerprint density at radius 1 is 1.15 bits per heavy atom. The summed E-state index contributed by atoms with van der Waals surface area (Å²) in [5.41, 5.74) is 2.08. The number of carbonyl (C=O) groups excluding carboxylic acids is 1. The topological polar surface area (TPSA) is 76.1 Å². The number of nitrogens with one attached hydrogen (secondary N) is 1. The molecular weight excluding hydrogens is 368 g/mol. The van der Waals surface area contributed by atoms with E-state index in [1.807, 2.05) is 19.1 Å². The molecule has 2 heterocycles. The van der Waals surface area contributed by atoms with Crippen LogP contribution in [0.15, 0.2) is 70.5 Å². The van der Waals surface area contributed by atoms with E-state index in [4.69, 9.17) is 0 Å². The highest BCUT2D eigenvalue weighted by Crippen LogP contribution is 2.31. The van der Waals surface area contributed by atoms with Crippen molar-refractivity contribution in [1.82, 2.24) is 10.3 Å². The predicted molar refractivity (Wildman–Crippen MR) is 102 cm³/mol. The number of amides is 1. The van der Waals surface area contributed by atoms with Gasteiger partial charge in [0.15, 0.2) is 9.84 Å². The first-order valence-electron chi connectivity index (χ1n) is 8.00. The SMILES string of the molecule is Cc1ccc([C@@H](CNC(=O)c2cccnc2)S(=O)(=O)c2cccs2)cc1. The van der Waals surface area contributed by atoms with E-state index in [1.165, 1.54) is 17.5 Å². The largest absolute Gasteiger partial charge is 0.350 e. The molecule has 26 heavy (non-hydrogen) atoms. The third kappa shape index (κ3) is 4.00. The van der Waals surface area contributed by atoms with Crippen molar-refractivity contribution in [1.29, 1.82) is 0 Å². The van der Waals surface area contributed by atoms with Crippen molar-refractivity contribution in [2.75, 3.05) is 6.54 Å². The quantitative estimate of drug-likeness (QED) is 0.704. The molecule has 0 aliphatic heterocycles. The first-order chi connectivity index (χ1) is 12.5. The molecule has 0 aliphatic carbocycles. The lowest BCUT2D eigenvalue weighted by Gasteiger charge is -2.18. The number of thiophene rings is 1. The van der Waals surface area contributed by atoms with E-state index in [9.17, 15) is 13.2 Å². The number of aromatic nitrogens is 1. The van der Waals surface area contributed by atoms with Crippen LogP contribution < -0.4 is 5.32 Å². The molecule has 0 saturated carbocycles. The number of rotatable bonds is 6. The highest BCUT2D eigenvalue weighted by molar-refractivity contribution is 7.93. The van der Waals surface area contributed by atoms with Crippen LogP contribution >= 0.6 is 11.3 Å². The number of benzene rings is 1. The van der Waals surface area contributed by atoms with Gasteiger partial charge in [-0.3, -0.25) is 9.78 Å². The van der Waals surface area contributed by atoms with Crippen LogP contribution in [0.3, 0.4) is 0 Å². The maximum Gasteiger partial charge on any atom is 0.252 e. The Kier molecular flexibility index (Phi) is 5.49. The lowest BCUT2D eigenvalue weighted by Crippen LogP contribution is -2.31. The van der Waals surface area contributed by atoms with Gasteiger partial charge in [0.05, 0.1) is 5.56 Å². The van der Waals surface area contributed by atoms with Gasteiger partial charge < -0.3 is 5.32 Å². The van der Waals surface area contributed by atoms with Crippen molar-refractivity contribution in [2.45, 2.75) is 16.4 Å². The summed E-state index contributed by atoms with van der Waals surface area (Å²) in [4.78, 5) is 16.2. The Hall–Kier alpha value is -2.51. The molecule has 0 fully saturated rings. The third-order valence-electron chi connectivity index (χ3n) is 3.97. The highest BCUT2D eigenvalue weighted by atomic mass is 32.2. The third-order valence-corrected chi connectivity index (χ3v) is 7.50. The molecular formula is C19H18N2O3S2. The summed E-state index contributed by atoms with van der Waals surface area (Å²) in [6.45, 7) is 1.92. The van der Waals surface area contributed by atoms with Crippen molar-refractivity contribution in [3.05, 3.63) is 83.0 Å². The van der Waals surface area contributed by atoms with Crippen molar-refractivity contribution in [3.63, 3.8) is 0 Å². The van der Waals surface area contributed by atoms with E-state index in [0.29, 0.717) is 15.3 Å². The molecule has 134 valence electrons. The molecule has 1 amide bonds. The first kappa shape index (κ1) is 18.3. The molecule has 0 radical (unpaired) electrons. The van der Waals surface area contributed by atoms with E-state index >= 15 is 0 Å². The second kappa shape index (κ2) is 7.80. The molecule has 0 bridgehead atoms. The molecule has 1 N–H and O–H groups in total. The predicted octanol–water partition coefficient (Wildman–Crippen LogP) is 3.40. The van der Waals surface area contributed by atoms with Gasteiger partial charge in [-0.2, -0.15) is 0 Å². The maximum absolute atomic E-state index is 13.1. The van der Waals surface area contributed by atoms with Gasteiger partial charge in [-0.1, -0.05) is 35.9 Å². The number of nitrogens with zero attached hydrogens (tertiary/aromatic N) is 1. The number of sulfone groups is 1. The van der Waals surface area contributed by atoms with Crippen LogP contribution in [0.25, 0.3) is 0 Å². The van der Waals surface area contributed by atoms with E-state index in [0.717, 1.165) is 5.56 Å². The molecule has 2 aromatic heterocycles. The van der Waals surface area contributed by atoms with Crippen LogP contribution in [0.5, 0.6) is 0 Å². The summed E-state index contributed by atoms with van der Waals surface area (Å²) in [7, 11) is -3.61. The van der Waals surface area contributed by atoms with Crippen molar-refractivity contribution < 1.29 is 13.2 Å². The molecule has 3 aromatic rings. The fourth-order valence-electron chi connectivity index (χ4n) is 2.54. The number of carbonyl (C=O) groups is 1. The molecule has 7 heteroatoms. The second-order valence-electron chi connectivity index (χ2n) is 5.83. The first-order valence-corrected chi connectivity index (χ1v) is 10.4. The van der Waals surface area contributed by atoms with Gasteiger partial charge in [-0.15, -0.1) is 11.3 Å². The minimum absolute atomic E-state index is 0.0168. The molecule has 1 aromatic carbocycles. The van der Waals surface area contributed by atoms with E-state index in [2.05, 4.69) is 10.3 Å². The van der Waals surface area contributed by atoms with Gasteiger partial charge in [0.25, 0.3) is 5.91 Å². The second-order valence-corrected chi connectivity index (χ2v) is 9.13. The molecule has 3 rings (SSSR count). The summed E-state index contributed by atoms with van der Waals surface area (Å²) >= 11 is 1.18. The Morgan fingerprint density at radius 3 is 2.54 bits per heavy atom. The summed E-state index contributed by atoms with van der Waals surface area (Å²) < 4.78 is 26.4. The lowest BCUT2D eigenvalue weighted by atomic mass is 10.1. The van der Waals surface area contributed by atoms with Crippen LogP contribution in [0.2, 0.25) is 0 Å². The number of hydrogen-bond acceptors (Lipinski definition) is 5. The molecule has 0 aliphatic rings. The van der Waals surface area contributed by atoms with Gasteiger partial charge >= 0.3 is 0 Å².